The van der Waals surface area contributed by atoms with E-state index in [9.17, 15) is 4.79 Å². The van der Waals surface area contributed by atoms with Crippen molar-refractivity contribution in [3.05, 3.63) is 34.7 Å². The number of furan rings is 1. The molecule has 0 atom stereocenters. The van der Waals surface area contributed by atoms with Gasteiger partial charge in [-0.3, -0.25) is 4.79 Å². The predicted molar refractivity (Wildman–Crippen MR) is 59.5 cm³/mol. The molecular formula is C11H11NO2S. The summed E-state index contributed by atoms with van der Waals surface area (Å²) in [6.07, 6.45) is 1.65. The Labute approximate surface area is 91.7 Å². The molecule has 0 aliphatic carbocycles. The molecule has 0 aliphatic heterocycles. The fourth-order valence-electron chi connectivity index (χ4n) is 1.26. The second kappa shape index (κ2) is 4.31. The van der Waals surface area contributed by atoms with Crippen molar-refractivity contribution in [2.45, 2.75) is 13.5 Å². The molecular weight excluding hydrogens is 210 g/mol. The van der Waals surface area contributed by atoms with Gasteiger partial charge in [-0.15, -0.1) is 11.3 Å². The zero-order valence-corrected chi connectivity index (χ0v) is 9.14. The lowest BCUT2D eigenvalue weighted by molar-refractivity contribution is -0.119. The number of hydrogen-bond donors (Lipinski definition) is 1. The van der Waals surface area contributed by atoms with E-state index in [1.165, 1.54) is 6.92 Å². The van der Waals surface area contributed by atoms with Crippen molar-refractivity contribution < 1.29 is 9.21 Å². The van der Waals surface area contributed by atoms with Gasteiger partial charge < -0.3 is 9.73 Å². The fraction of sp³-hybridized carbons (Fsp3) is 0.182. The lowest BCUT2D eigenvalue weighted by atomic mass is 10.2. The molecule has 0 spiro atoms. The maximum Gasteiger partial charge on any atom is 0.217 e. The molecule has 0 unspecified atom stereocenters. The monoisotopic (exact) mass is 221 g/mol. The van der Waals surface area contributed by atoms with Gasteiger partial charge in [0.2, 0.25) is 5.91 Å². The summed E-state index contributed by atoms with van der Waals surface area (Å²) in [7, 11) is 0. The zero-order valence-electron chi connectivity index (χ0n) is 8.32. The van der Waals surface area contributed by atoms with Crippen LogP contribution in [0.1, 0.15) is 11.8 Å². The third kappa shape index (κ3) is 2.47. The summed E-state index contributed by atoms with van der Waals surface area (Å²) in [5, 5.41) is 4.79. The topological polar surface area (TPSA) is 42.2 Å². The van der Waals surface area contributed by atoms with Crippen LogP contribution in [0.25, 0.3) is 11.3 Å². The molecule has 2 rings (SSSR count). The highest BCUT2D eigenvalue weighted by atomic mass is 32.1. The summed E-state index contributed by atoms with van der Waals surface area (Å²) < 4.78 is 5.28. The second-order valence-electron chi connectivity index (χ2n) is 3.19. The van der Waals surface area contributed by atoms with Crippen molar-refractivity contribution in [1.29, 1.82) is 0 Å². The van der Waals surface area contributed by atoms with E-state index in [1.807, 2.05) is 23.6 Å². The van der Waals surface area contributed by atoms with Crippen molar-refractivity contribution in [3.63, 3.8) is 0 Å². The summed E-state index contributed by atoms with van der Waals surface area (Å²) in [6.45, 7) is 2.10. The maximum atomic E-state index is 10.7. The van der Waals surface area contributed by atoms with E-state index >= 15 is 0 Å². The summed E-state index contributed by atoms with van der Waals surface area (Å²) in [5.74, 6) is 0.850. The smallest absolute Gasteiger partial charge is 0.217 e. The minimum atomic E-state index is -0.0112. The van der Waals surface area contributed by atoms with Crippen LogP contribution >= 0.6 is 11.3 Å². The molecule has 1 amide bonds. The van der Waals surface area contributed by atoms with Crippen molar-refractivity contribution in [1.82, 2.24) is 5.32 Å². The number of thiophene rings is 1. The first-order valence-corrected chi connectivity index (χ1v) is 5.49. The fourth-order valence-corrected chi connectivity index (χ4v) is 2.07. The molecule has 15 heavy (non-hydrogen) atoms. The van der Waals surface area contributed by atoms with Crippen LogP contribution in [0.15, 0.2) is 34.3 Å². The van der Waals surface area contributed by atoms with Gasteiger partial charge in [0.1, 0.15) is 5.76 Å². The van der Waals surface area contributed by atoms with Crippen LogP contribution in [-0.2, 0) is 11.3 Å². The van der Waals surface area contributed by atoms with E-state index in [-0.39, 0.29) is 5.91 Å². The van der Waals surface area contributed by atoms with E-state index < -0.39 is 0 Å². The van der Waals surface area contributed by atoms with E-state index in [1.54, 1.807) is 17.6 Å². The zero-order chi connectivity index (χ0) is 10.7. The number of nitrogens with one attached hydrogen (secondary N) is 1. The van der Waals surface area contributed by atoms with Gasteiger partial charge in [0, 0.05) is 22.7 Å². The Hall–Kier alpha value is -1.55. The van der Waals surface area contributed by atoms with E-state index in [0.717, 1.165) is 16.2 Å². The highest BCUT2D eigenvalue weighted by Gasteiger charge is 2.04. The van der Waals surface area contributed by atoms with Gasteiger partial charge >= 0.3 is 0 Å². The standard InChI is InChI=1S/C11H11NO2S/c1-8(13)12-6-10-5-9(7-15-10)11-3-2-4-14-11/h2-5,7H,6H2,1H3,(H,12,13). The Kier molecular flexibility index (Phi) is 2.87. The van der Waals surface area contributed by atoms with Gasteiger partial charge in [-0.2, -0.15) is 0 Å². The van der Waals surface area contributed by atoms with Crippen molar-refractivity contribution in [2.75, 3.05) is 0 Å². The molecule has 0 fully saturated rings. The largest absolute Gasteiger partial charge is 0.464 e. The first-order valence-electron chi connectivity index (χ1n) is 4.61. The lowest BCUT2D eigenvalue weighted by Crippen LogP contribution is -2.18. The van der Waals surface area contributed by atoms with Gasteiger partial charge in [0.15, 0.2) is 0 Å². The Morgan fingerprint density at radius 3 is 3.13 bits per heavy atom. The second-order valence-corrected chi connectivity index (χ2v) is 4.18. The highest BCUT2D eigenvalue weighted by Crippen LogP contribution is 2.25. The van der Waals surface area contributed by atoms with E-state index in [2.05, 4.69) is 5.32 Å². The van der Waals surface area contributed by atoms with Gasteiger partial charge in [-0.1, -0.05) is 0 Å². The molecule has 0 aromatic carbocycles. The van der Waals surface area contributed by atoms with E-state index in [0.29, 0.717) is 6.54 Å². The van der Waals surface area contributed by atoms with Gasteiger partial charge in [0.05, 0.1) is 12.8 Å². The molecule has 0 saturated heterocycles. The lowest BCUT2D eigenvalue weighted by Gasteiger charge is -1.96. The van der Waals surface area contributed by atoms with Crippen molar-refractivity contribution in [2.24, 2.45) is 0 Å². The average Bonchev–Trinajstić information content (AvgIpc) is 2.85. The summed E-state index contributed by atoms with van der Waals surface area (Å²) in [4.78, 5) is 11.8. The quantitative estimate of drug-likeness (QED) is 0.865. The van der Waals surface area contributed by atoms with Crippen molar-refractivity contribution >= 4 is 17.2 Å². The van der Waals surface area contributed by atoms with Crippen LogP contribution in [0.2, 0.25) is 0 Å². The van der Waals surface area contributed by atoms with Crippen LogP contribution < -0.4 is 5.32 Å². The SMILES string of the molecule is CC(=O)NCc1cc(-c2ccco2)cs1. The van der Waals surface area contributed by atoms with E-state index in [4.69, 9.17) is 4.42 Å². The third-order valence-corrected chi connectivity index (χ3v) is 2.91. The Morgan fingerprint density at radius 2 is 2.47 bits per heavy atom. The molecule has 78 valence electrons. The Bertz CT molecular complexity index is 445. The number of carbonyl (C=O) groups is 1. The van der Waals surface area contributed by atoms with Crippen LogP contribution in [0.4, 0.5) is 0 Å². The Balaban J connectivity index is 2.08. The predicted octanol–water partition coefficient (Wildman–Crippen LogP) is 2.64. The van der Waals surface area contributed by atoms with Gasteiger partial charge in [-0.25, -0.2) is 0 Å². The maximum absolute atomic E-state index is 10.7. The first kappa shape index (κ1) is 9.98. The van der Waals surface area contributed by atoms with Crippen molar-refractivity contribution in [3.8, 4) is 11.3 Å². The molecule has 3 nitrogen and oxygen atoms in total. The van der Waals surface area contributed by atoms with Gasteiger partial charge in [0.25, 0.3) is 0 Å². The summed E-state index contributed by atoms with van der Waals surface area (Å²) >= 11 is 1.62. The van der Waals surface area contributed by atoms with Crippen LogP contribution in [-0.4, -0.2) is 5.91 Å². The first-order chi connectivity index (χ1) is 7.25. The molecule has 4 heteroatoms. The minimum absolute atomic E-state index is 0.0112. The number of carbonyl (C=O) groups excluding carboxylic acids is 1. The summed E-state index contributed by atoms with van der Waals surface area (Å²) in [6, 6.07) is 5.81. The minimum Gasteiger partial charge on any atom is -0.464 e. The molecule has 0 radical (unpaired) electrons. The number of hydrogen-bond acceptors (Lipinski definition) is 3. The van der Waals surface area contributed by atoms with Crippen LogP contribution in [0.5, 0.6) is 0 Å². The van der Waals surface area contributed by atoms with Gasteiger partial charge in [-0.05, 0) is 18.2 Å². The summed E-state index contributed by atoms with van der Waals surface area (Å²) in [5.41, 5.74) is 1.06. The molecule has 0 bridgehead atoms. The average molecular weight is 221 g/mol. The molecule has 0 saturated carbocycles. The normalized spacial score (nSPS) is 10.2. The highest BCUT2D eigenvalue weighted by molar-refractivity contribution is 7.10. The Morgan fingerprint density at radius 1 is 1.60 bits per heavy atom. The molecule has 1 N–H and O–H groups in total. The van der Waals surface area contributed by atoms with Crippen LogP contribution in [0, 0.1) is 0 Å². The number of amides is 1. The molecule has 0 aliphatic rings. The molecule has 2 aromatic rings. The number of rotatable bonds is 3. The third-order valence-electron chi connectivity index (χ3n) is 1.97. The molecule has 2 heterocycles. The molecule has 2 aromatic heterocycles. The van der Waals surface area contributed by atoms with Crippen LogP contribution in [0.3, 0.4) is 0 Å².